The van der Waals surface area contributed by atoms with Gasteiger partial charge in [-0.15, -0.1) is 18.2 Å². The van der Waals surface area contributed by atoms with E-state index in [9.17, 15) is 0 Å². The van der Waals surface area contributed by atoms with Crippen LogP contribution < -0.4 is 4.90 Å². The molecular weight excluding hydrogens is 220 g/mol. The number of pyridine rings is 1. The first-order chi connectivity index (χ1) is 7.50. The zero-order chi connectivity index (χ0) is 12.2. The number of alkyl halides is 1. The summed E-state index contributed by atoms with van der Waals surface area (Å²) in [5.41, 5.74) is 1.06. The summed E-state index contributed by atoms with van der Waals surface area (Å²) in [5, 5.41) is 0. The minimum absolute atomic E-state index is 0.00333. The maximum Gasteiger partial charge on any atom is 0.133 e. The standard InChI is InChI=1S/C13H19ClN2/c1-5-9-16(13(2,3)4)12-11(10-14)7-6-8-15-12/h5-8H,1,9-10H2,2-4H3. The molecule has 2 nitrogen and oxygen atoms in total. The fourth-order valence-electron chi connectivity index (χ4n) is 1.58. The molecule has 0 radical (unpaired) electrons. The third kappa shape index (κ3) is 2.99. The van der Waals surface area contributed by atoms with Gasteiger partial charge in [0.1, 0.15) is 5.82 Å². The van der Waals surface area contributed by atoms with Crippen molar-refractivity contribution in [3.05, 3.63) is 36.5 Å². The van der Waals surface area contributed by atoms with Crippen LogP contribution in [0.2, 0.25) is 0 Å². The van der Waals surface area contributed by atoms with E-state index in [0.29, 0.717) is 5.88 Å². The van der Waals surface area contributed by atoms with Crippen molar-refractivity contribution in [2.45, 2.75) is 32.2 Å². The van der Waals surface area contributed by atoms with E-state index in [2.05, 4.69) is 37.2 Å². The third-order valence-electron chi connectivity index (χ3n) is 2.39. The summed E-state index contributed by atoms with van der Waals surface area (Å²) < 4.78 is 0. The van der Waals surface area contributed by atoms with Gasteiger partial charge in [0.25, 0.3) is 0 Å². The molecule has 0 atom stereocenters. The molecule has 0 N–H and O–H groups in total. The molecule has 0 bridgehead atoms. The summed E-state index contributed by atoms with van der Waals surface area (Å²) in [5.74, 6) is 1.43. The topological polar surface area (TPSA) is 16.1 Å². The molecule has 1 heterocycles. The van der Waals surface area contributed by atoms with Crippen LogP contribution in [0.3, 0.4) is 0 Å². The van der Waals surface area contributed by atoms with Crippen molar-refractivity contribution in [2.24, 2.45) is 0 Å². The summed E-state index contributed by atoms with van der Waals surface area (Å²) in [6.07, 6.45) is 3.69. The molecule has 3 heteroatoms. The molecule has 0 unspecified atom stereocenters. The second kappa shape index (κ2) is 5.35. The van der Waals surface area contributed by atoms with E-state index in [1.165, 1.54) is 0 Å². The van der Waals surface area contributed by atoms with Crippen LogP contribution in [0.4, 0.5) is 5.82 Å². The Morgan fingerprint density at radius 1 is 1.50 bits per heavy atom. The van der Waals surface area contributed by atoms with Crippen LogP contribution in [0.25, 0.3) is 0 Å². The first kappa shape index (κ1) is 13.0. The van der Waals surface area contributed by atoms with E-state index in [1.54, 1.807) is 6.20 Å². The van der Waals surface area contributed by atoms with Crippen molar-refractivity contribution < 1.29 is 0 Å². The quantitative estimate of drug-likeness (QED) is 0.589. The van der Waals surface area contributed by atoms with E-state index in [1.807, 2.05) is 18.2 Å². The molecule has 1 rings (SSSR count). The summed E-state index contributed by atoms with van der Waals surface area (Å²) in [6.45, 7) is 11.0. The normalized spacial score (nSPS) is 11.2. The van der Waals surface area contributed by atoms with Crippen molar-refractivity contribution in [3.63, 3.8) is 0 Å². The van der Waals surface area contributed by atoms with Crippen LogP contribution in [0.5, 0.6) is 0 Å². The van der Waals surface area contributed by atoms with Gasteiger partial charge in [-0.2, -0.15) is 0 Å². The molecule has 0 aliphatic rings. The van der Waals surface area contributed by atoms with Crippen molar-refractivity contribution in [1.82, 2.24) is 4.98 Å². The van der Waals surface area contributed by atoms with E-state index < -0.39 is 0 Å². The SMILES string of the molecule is C=CCN(c1ncccc1CCl)C(C)(C)C. The lowest BCUT2D eigenvalue weighted by atomic mass is 10.0. The highest BCUT2D eigenvalue weighted by Crippen LogP contribution is 2.25. The van der Waals surface area contributed by atoms with Crippen LogP contribution >= 0.6 is 11.6 Å². The second-order valence-electron chi connectivity index (χ2n) is 4.69. The van der Waals surface area contributed by atoms with Gasteiger partial charge in [-0.05, 0) is 26.8 Å². The van der Waals surface area contributed by atoms with Gasteiger partial charge in [-0.25, -0.2) is 4.98 Å². The van der Waals surface area contributed by atoms with Gasteiger partial charge in [0, 0.05) is 23.8 Å². The zero-order valence-corrected chi connectivity index (χ0v) is 11.0. The Hall–Kier alpha value is -1.02. The Kier molecular flexibility index (Phi) is 4.36. The van der Waals surface area contributed by atoms with Crippen molar-refractivity contribution >= 4 is 17.4 Å². The Balaban J connectivity index is 3.15. The molecule has 0 aliphatic heterocycles. The third-order valence-corrected chi connectivity index (χ3v) is 2.68. The van der Waals surface area contributed by atoms with Gasteiger partial charge in [0.15, 0.2) is 0 Å². The first-order valence-electron chi connectivity index (χ1n) is 5.39. The number of hydrogen-bond donors (Lipinski definition) is 0. The molecule has 0 fully saturated rings. The Morgan fingerprint density at radius 3 is 2.69 bits per heavy atom. The monoisotopic (exact) mass is 238 g/mol. The van der Waals surface area contributed by atoms with Gasteiger partial charge in [-0.3, -0.25) is 0 Å². The number of anilines is 1. The van der Waals surface area contributed by atoms with Crippen molar-refractivity contribution in [3.8, 4) is 0 Å². The molecule has 0 amide bonds. The van der Waals surface area contributed by atoms with Gasteiger partial charge in [-0.1, -0.05) is 12.1 Å². The largest absolute Gasteiger partial charge is 0.348 e. The fourth-order valence-corrected chi connectivity index (χ4v) is 1.79. The Bertz CT molecular complexity index is 355. The maximum absolute atomic E-state index is 5.93. The maximum atomic E-state index is 5.93. The van der Waals surface area contributed by atoms with E-state index in [4.69, 9.17) is 11.6 Å². The highest BCUT2D eigenvalue weighted by Gasteiger charge is 2.23. The smallest absolute Gasteiger partial charge is 0.133 e. The molecule has 0 saturated carbocycles. The molecule has 1 aromatic heterocycles. The van der Waals surface area contributed by atoms with Crippen LogP contribution in [-0.4, -0.2) is 17.1 Å². The molecule has 0 saturated heterocycles. The first-order valence-corrected chi connectivity index (χ1v) is 5.92. The molecule has 0 aliphatic carbocycles. The number of nitrogens with zero attached hydrogens (tertiary/aromatic N) is 2. The molecule has 16 heavy (non-hydrogen) atoms. The average molecular weight is 239 g/mol. The Labute approximate surface area is 103 Å². The number of aromatic nitrogens is 1. The van der Waals surface area contributed by atoms with Crippen LogP contribution in [0.1, 0.15) is 26.3 Å². The highest BCUT2D eigenvalue weighted by molar-refractivity contribution is 6.17. The summed E-state index contributed by atoms with van der Waals surface area (Å²) in [7, 11) is 0. The van der Waals surface area contributed by atoms with Crippen LogP contribution in [0, 0.1) is 0 Å². The summed E-state index contributed by atoms with van der Waals surface area (Å²) in [6, 6.07) is 3.92. The molecule has 1 aromatic rings. The lowest BCUT2D eigenvalue weighted by molar-refractivity contribution is 0.516. The van der Waals surface area contributed by atoms with Gasteiger partial charge >= 0.3 is 0 Å². The molecule has 0 aromatic carbocycles. The second-order valence-corrected chi connectivity index (χ2v) is 4.96. The molecule has 0 spiro atoms. The number of halogens is 1. The Morgan fingerprint density at radius 2 is 2.19 bits per heavy atom. The van der Waals surface area contributed by atoms with Gasteiger partial charge < -0.3 is 4.90 Å². The van der Waals surface area contributed by atoms with Crippen LogP contribution in [-0.2, 0) is 5.88 Å². The average Bonchev–Trinajstić information content (AvgIpc) is 2.24. The predicted octanol–water partition coefficient (Wildman–Crippen LogP) is 3.61. The molecular formula is C13H19ClN2. The number of hydrogen-bond acceptors (Lipinski definition) is 2. The van der Waals surface area contributed by atoms with Gasteiger partial charge in [0.2, 0.25) is 0 Å². The zero-order valence-electron chi connectivity index (χ0n) is 10.2. The van der Waals surface area contributed by atoms with Crippen molar-refractivity contribution in [2.75, 3.05) is 11.4 Å². The van der Waals surface area contributed by atoms with E-state index in [-0.39, 0.29) is 5.54 Å². The van der Waals surface area contributed by atoms with E-state index >= 15 is 0 Å². The van der Waals surface area contributed by atoms with Crippen molar-refractivity contribution in [1.29, 1.82) is 0 Å². The lowest BCUT2D eigenvalue weighted by Gasteiger charge is -2.37. The summed E-state index contributed by atoms with van der Waals surface area (Å²) >= 11 is 5.93. The molecule has 88 valence electrons. The van der Waals surface area contributed by atoms with E-state index in [0.717, 1.165) is 17.9 Å². The lowest BCUT2D eigenvalue weighted by Crippen LogP contribution is -2.42. The summed E-state index contributed by atoms with van der Waals surface area (Å²) in [4.78, 5) is 6.63. The number of rotatable bonds is 4. The van der Waals surface area contributed by atoms with Gasteiger partial charge in [0.05, 0.1) is 5.88 Å². The van der Waals surface area contributed by atoms with Crippen LogP contribution in [0.15, 0.2) is 31.0 Å². The minimum Gasteiger partial charge on any atom is -0.348 e. The highest BCUT2D eigenvalue weighted by atomic mass is 35.5. The predicted molar refractivity (Wildman–Crippen MR) is 71.1 cm³/mol. The fraction of sp³-hybridized carbons (Fsp3) is 0.462. The minimum atomic E-state index is 0.00333.